The standard InChI is InChI=1S/C20H32N4O3.HI/c1-3-21-19(22-16-20(25)8-14-27-15-9-20)24-12-10-23(11-13-24)17-4-6-18(26-2)7-5-17;/h4-7,25H,3,8-16H2,1-2H3,(H,21,22);1H. The van der Waals surface area contributed by atoms with Crippen molar-refractivity contribution < 1.29 is 14.6 Å². The van der Waals surface area contributed by atoms with Gasteiger partial charge in [-0.05, 0) is 31.2 Å². The first-order valence-corrected chi connectivity index (χ1v) is 9.86. The molecule has 2 saturated heterocycles. The minimum atomic E-state index is -0.732. The summed E-state index contributed by atoms with van der Waals surface area (Å²) < 4.78 is 10.6. The van der Waals surface area contributed by atoms with Gasteiger partial charge in [0, 0.05) is 64.5 Å². The van der Waals surface area contributed by atoms with E-state index in [9.17, 15) is 5.11 Å². The van der Waals surface area contributed by atoms with Gasteiger partial charge in [0.05, 0.1) is 19.3 Å². The van der Waals surface area contributed by atoms with E-state index in [1.807, 2.05) is 12.1 Å². The van der Waals surface area contributed by atoms with E-state index in [-0.39, 0.29) is 24.0 Å². The van der Waals surface area contributed by atoms with Crippen molar-refractivity contribution in [3.63, 3.8) is 0 Å². The number of anilines is 1. The third-order valence-corrected chi connectivity index (χ3v) is 5.30. The van der Waals surface area contributed by atoms with Gasteiger partial charge >= 0.3 is 0 Å². The lowest BCUT2D eigenvalue weighted by Gasteiger charge is -2.38. The second kappa shape index (κ2) is 11.1. The van der Waals surface area contributed by atoms with Gasteiger partial charge in [0.25, 0.3) is 0 Å². The highest BCUT2D eigenvalue weighted by atomic mass is 127. The molecular weight excluding hydrogens is 471 g/mol. The summed E-state index contributed by atoms with van der Waals surface area (Å²) >= 11 is 0. The van der Waals surface area contributed by atoms with Crippen LogP contribution in [0, 0.1) is 0 Å². The van der Waals surface area contributed by atoms with Crippen LogP contribution in [0.4, 0.5) is 5.69 Å². The van der Waals surface area contributed by atoms with Crippen molar-refractivity contribution in [3.8, 4) is 5.75 Å². The van der Waals surface area contributed by atoms with Crippen LogP contribution in [-0.4, -0.2) is 81.2 Å². The highest BCUT2D eigenvalue weighted by molar-refractivity contribution is 14.0. The Morgan fingerprint density at radius 2 is 1.82 bits per heavy atom. The molecule has 28 heavy (non-hydrogen) atoms. The summed E-state index contributed by atoms with van der Waals surface area (Å²) in [7, 11) is 1.69. The van der Waals surface area contributed by atoms with Crippen LogP contribution in [0.15, 0.2) is 29.3 Å². The van der Waals surface area contributed by atoms with Crippen LogP contribution in [0.3, 0.4) is 0 Å². The van der Waals surface area contributed by atoms with Gasteiger partial charge in [0.1, 0.15) is 5.75 Å². The molecule has 2 heterocycles. The first-order chi connectivity index (χ1) is 13.1. The zero-order valence-electron chi connectivity index (χ0n) is 16.9. The zero-order chi connectivity index (χ0) is 19.1. The van der Waals surface area contributed by atoms with E-state index in [2.05, 4.69) is 34.2 Å². The molecule has 0 spiro atoms. The number of piperazine rings is 1. The smallest absolute Gasteiger partial charge is 0.194 e. The Hall–Kier alpha value is -1.26. The summed E-state index contributed by atoms with van der Waals surface area (Å²) in [6, 6.07) is 8.21. The van der Waals surface area contributed by atoms with E-state index in [0.29, 0.717) is 32.6 Å². The maximum atomic E-state index is 10.7. The average Bonchev–Trinajstić information content (AvgIpc) is 2.72. The van der Waals surface area contributed by atoms with E-state index in [0.717, 1.165) is 44.4 Å². The van der Waals surface area contributed by atoms with E-state index < -0.39 is 5.60 Å². The van der Waals surface area contributed by atoms with Gasteiger partial charge in [-0.25, -0.2) is 0 Å². The fraction of sp³-hybridized carbons (Fsp3) is 0.650. The zero-order valence-corrected chi connectivity index (χ0v) is 19.2. The molecule has 8 heteroatoms. The fourth-order valence-electron chi connectivity index (χ4n) is 3.53. The normalized spacial score (nSPS) is 19.8. The van der Waals surface area contributed by atoms with Gasteiger partial charge < -0.3 is 29.7 Å². The highest BCUT2D eigenvalue weighted by Gasteiger charge is 2.30. The number of guanidine groups is 1. The molecule has 1 aromatic rings. The molecule has 7 nitrogen and oxygen atoms in total. The van der Waals surface area contributed by atoms with Gasteiger partial charge in [-0.2, -0.15) is 0 Å². The number of aliphatic hydroxyl groups is 1. The molecule has 2 aliphatic rings. The molecule has 0 aliphatic carbocycles. The number of methoxy groups -OCH3 is 1. The van der Waals surface area contributed by atoms with Crippen LogP contribution in [0.2, 0.25) is 0 Å². The number of halogens is 1. The monoisotopic (exact) mass is 504 g/mol. The van der Waals surface area contributed by atoms with Crippen molar-refractivity contribution in [1.82, 2.24) is 10.2 Å². The van der Waals surface area contributed by atoms with Crippen molar-refractivity contribution in [3.05, 3.63) is 24.3 Å². The first kappa shape index (κ1) is 23.0. The fourth-order valence-corrected chi connectivity index (χ4v) is 3.53. The van der Waals surface area contributed by atoms with Crippen LogP contribution in [-0.2, 0) is 4.74 Å². The summed E-state index contributed by atoms with van der Waals surface area (Å²) in [6.45, 7) is 8.23. The van der Waals surface area contributed by atoms with Crippen molar-refractivity contribution in [2.24, 2.45) is 4.99 Å². The van der Waals surface area contributed by atoms with E-state index in [4.69, 9.17) is 14.5 Å². The van der Waals surface area contributed by atoms with Crippen LogP contribution < -0.4 is 15.0 Å². The molecule has 158 valence electrons. The Bertz CT molecular complexity index is 612. The summed E-state index contributed by atoms with van der Waals surface area (Å²) in [5.41, 5.74) is 0.484. The number of hydrogen-bond acceptors (Lipinski definition) is 5. The van der Waals surface area contributed by atoms with Crippen molar-refractivity contribution in [2.45, 2.75) is 25.4 Å². The number of nitrogens with one attached hydrogen (secondary N) is 1. The quantitative estimate of drug-likeness (QED) is 0.363. The lowest BCUT2D eigenvalue weighted by Crippen LogP contribution is -2.53. The third kappa shape index (κ3) is 6.12. The van der Waals surface area contributed by atoms with E-state index in [1.165, 1.54) is 5.69 Å². The maximum Gasteiger partial charge on any atom is 0.194 e. The van der Waals surface area contributed by atoms with Crippen molar-refractivity contribution in [1.29, 1.82) is 0 Å². The minimum Gasteiger partial charge on any atom is -0.497 e. The number of ether oxygens (including phenoxy) is 2. The Morgan fingerprint density at radius 3 is 2.39 bits per heavy atom. The molecule has 2 fully saturated rings. The Morgan fingerprint density at radius 1 is 1.18 bits per heavy atom. The summed E-state index contributed by atoms with van der Waals surface area (Å²) in [5.74, 6) is 1.77. The van der Waals surface area contributed by atoms with Crippen LogP contribution >= 0.6 is 24.0 Å². The molecule has 0 aromatic heterocycles. The van der Waals surface area contributed by atoms with Gasteiger partial charge in [-0.1, -0.05) is 0 Å². The summed E-state index contributed by atoms with van der Waals surface area (Å²) in [6.07, 6.45) is 1.31. The van der Waals surface area contributed by atoms with Crippen LogP contribution in [0.25, 0.3) is 0 Å². The number of hydrogen-bond donors (Lipinski definition) is 2. The van der Waals surface area contributed by atoms with Gasteiger partial charge in [-0.3, -0.25) is 4.99 Å². The molecule has 0 saturated carbocycles. The third-order valence-electron chi connectivity index (χ3n) is 5.30. The van der Waals surface area contributed by atoms with Gasteiger partial charge in [-0.15, -0.1) is 24.0 Å². The van der Waals surface area contributed by atoms with Crippen LogP contribution in [0.5, 0.6) is 5.75 Å². The Balaban J connectivity index is 0.00000280. The van der Waals surface area contributed by atoms with E-state index >= 15 is 0 Å². The topological polar surface area (TPSA) is 69.6 Å². The van der Waals surface area contributed by atoms with Gasteiger partial charge in [0.15, 0.2) is 5.96 Å². The molecule has 0 unspecified atom stereocenters. The second-order valence-electron chi connectivity index (χ2n) is 7.18. The molecule has 0 bridgehead atoms. The largest absolute Gasteiger partial charge is 0.497 e. The van der Waals surface area contributed by atoms with Crippen molar-refractivity contribution in [2.75, 3.05) is 64.5 Å². The SMILES string of the molecule is CCNC(=NCC1(O)CCOCC1)N1CCN(c2ccc(OC)cc2)CC1.I. The highest BCUT2D eigenvalue weighted by Crippen LogP contribution is 2.22. The number of rotatable bonds is 5. The van der Waals surface area contributed by atoms with Crippen molar-refractivity contribution >= 4 is 35.6 Å². The van der Waals surface area contributed by atoms with E-state index in [1.54, 1.807) is 7.11 Å². The lowest BCUT2D eigenvalue weighted by atomic mass is 9.95. The molecule has 3 rings (SSSR count). The molecule has 0 amide bonds. The number of nitrogens with zero attached hydrogens (tertiary/aromatic N) is 3. The second-order valence-corrected chi connectivity index (χ2v) is 7.18. The predicted molar refractivity (Wildman–Crippen MR) is 123 cm³/mol. The number of benzene rings is 1. The molecule has 0 radical (unpaired) electrons. The minimum absolute atomic E-state index is 0. The van der Waals surface area contributed by atoms with Gasteiger partial charge in [0.2, 0.25) is 0 Å². The maximum absolute atomic E-state index is 10.7. The number of aliphatic imine (C=N–C) groups is 1. The average molecular weight is 504 g/mol. The Kier molecular flexibility index (Phi) is 9.10. The summed E-state index contributed by atoms with van der Waals surface area (Å²) in [5, 5.41) is 14.0. The molecular formula is C20H33IN4O3. The molecule has 1 aromatic carbocycles. The first-order valence-electron chi connectivity index (χ1n) is 9.86. The van der Waals surface area contributed by atoms with Crippen LogP contribution in [0.1, 0.15) is 19.8 Å². The Labute approximate surface area is 185 Å². The predicted octanol–water partition coefficient (Wildman–Crippen LogP) is 1.94. The molecule has 0 atom stereocenters. The summed E-state index contributed by atoms with van der Waals surface area (Å²) in [4.78, 5) is 9.41. The lowest BCUT2D eigenvalue weighted by molar-refractivity contribution is -0.0566. The molecule has 2 aliphatic heterocycles. The molecule has 2 N–H and O–H groups in total.